The SMILES string of the molecule is CC(C)NC(=O)CN(C)CC(=O)c1c[nH]c2ccccc12. The van der Waals surface area contributed by atoms with Crippen LogP contribution < -0.4 is 5.32 Å². The monoisotopic (exact) mass is 287 g/mol. The van der Waals surface area contributed by atoms with Gasteiger partial charge in [0, 0.05) is 28.7 Å². The van der Waals surface area contributed by atoms with E-state index in [0.717, 1.165) is 10.9 Å². The van der Waals surface area contributed by atoms with Gasteiger partial charge in [-0.3, -0.25) is 14.5 Å². The topological polar surface area (TPSA) is 65.2 Å². The van der Waals surface area contributed by atoms with Crippen molar-refractivity contribution in [3.63, 3.8) is 0 Å². The Morgan fingerprint density at radius 3 is 2.67 bits per heavy atom. The smallest absolute Gasteiger partial charge is 0.234 e. The van der Waals surface area contributed by atoms with Crippen molar-refractivity contribution in [2.45, 2.75) is 19.9 Å². The number of benzene rings is 1. The summed E-state index contributed by atoms with van der Waals surface area (Å²) >= 11 is 0. The van der Waals surface area contributed by atoms with Gasteiger partial charge >= 0.3 is 0 Å². The molecule has 1 aromatic carbocycles. The van der Waals surface area contributed by atoms with Crippen LogP contribution in [-0.4, -0.2) is 47.8 Å². The molecule has 0 bridgehead atoms. The molecule has 0 atom stereocenters. The zero-order valence-corrected chi connectivity index (χ0v) is 12.6. The number of carbonyl (C=O) groups is 2. The van der Waals surface area contributed by atoms with Crippen molar-refractivity contribution in [3.05, 3.63) is 36.0 Å². The predicted octanol–water partition coefficient (Wildman–Crippen LogP) is 1.81. The van der Waals surface area contributed by atoms with Crippen LogP contribution in [0.25, 0.3) is 10.9 Å². The number of hydrogen-bond acceptors (Lipinski definition) is 3. The molecule has 0 aliphatic rings. The van der Waals surface area contributed by atoms with Gasteiger partial charge in [-0.2, -0.15) is 0 Å². The molecule has 21 heavy (non-hydrogen) atoms. The Morgan fingerprint density at radius 1 is 1.24 bits per heavy atom. The molecule has 2 aromatic rings. The molecule has 0 unspecified atom stereocenters. The molecule has 0 fully saturated rings. The van der Waals surface area contributed by atoms with Crippen molar-refractivity contribution in [2.75, 3.05) is 20.1 Å². The minimum atomic E-state index is -0.0702. The number of carbonyl (C=O) groups excluding carboxylic acids is 2. The lowest BCUT2D eigenvalue weighted by Crippen LogP contribution is -2.40. The van der Waals surface area contributed by atoms with E-state index in [9.17, 15) is 9.59 Å². The maximum atomic E-state index is 12.3. The van der Waals surface area contributed by atoms with Crippen LogP contribution in [0.5, 0.6) is 0 Å². The standard InChI is InChI=1S/C16H21N3O2/c1-11(2)18-16(21)10-19(3)9-15(20)13-8-17-14-7-5-4-6-12(13)14/h4-8,11,17H,9-10H2,1-3H3,(H,18,21). The fourth-order valence-corrected chi connectivity index (χ4v) is 2.30. The molecule has 0 spiro atoms. The minimum Gasteiger partial charge on any atom is -0.360 e. The Hall–Kier alpha value is -2.14. The van der Waals surface area contributed by atoms with E-state index in [0.29, 0.717) is 5.56 Å². The fraction of sp³-hybridized carbons (Fsp3) is 0.375. The van der Waals surface area contributed by atoms with E-state index < -0.39 is 0 Å². The third-order valence-electron chi connectivity index (χ3n) is 3.17. The highest BCUT2D eigenvalue weighted by molar-refractivity contribution is 6.08. The largest absolute Gasteiger partial charge is 0.360 e. The normalized spacial score (nSPS) is 11.3. The van der Waals surface area contributed by atoms with Gasteiger partial charge in [-0.05, 0) is 27.0 Å². The summed E-state index contributed by atoms with van der Waals surface area (Å²) in [5.41, 5.74) is 1.61. The highest BCUT2D eigenvalue weighted by Gasteiger charge is 2.15. The van der Waals surface area contributed by atoms with Crippen molar-refractivity contribution in [1.82, 2.24) is 15.2 Å². The molecule has 112 valence electrons. The van der Waals surface area contributed by atoms with E-state index in [1.165, 1.54) is 0 Å². The molecule has 1 amide bonds. The molecule has 5 nitrogen and oxygen atoms in total. The number of fused-ring (bicyclic) bond motifs is 1. The molecule has 0 saturated carbocycles. The Bertz CT molecular complexity index is 646. The molecule has 0 aliphatic heterocycles. The third-order valence-corrected chi connectivity index (χ3v) is 3.17. The highest BCUT2D eigenvalue weighted by atomic mass is 16.2. The van der Waals surface area contributed by atoms with E-state index in [4.69, 9.17) is 0 Å². The van der Waals surface area contributed by atoms with E-state index in [1.54, 1.807) is 18.1 Å². The van der Waals surface area contributed by atoms with Gasteiger partial charge in [0.1, 0.15) is 0 Å². The molecular weight excluding hydrogens is 266 g/mol. The number of H-pyrrole nitrogens is 1. The number of Topliss-reactive ketones (excluding diaryl/α,β-unsaturated/α-hetero) is 1. The van der Waals surface area contributed by atoms with Crippen LogP contribution in [0, 0.1) is 0 Å². The molecule has 1 aromatic heterocycles. The number of para-hydroxylation sites is 1. The van der Waals surface area contributed by atoms with Gasteiger partial charge in [0.2, 0.25) is 5.91 Å². The third kappa shape index (κ3) is 3.92. The Balaban J connectivity index is 1.99. The Morgan fingerprint density at radius 2 is 1.95 bits per heavy atom. The first-order chi connectivity index (χ1) is 9.97. The second-order valence-electron chi connectivity index (χ2n) is 5.57. The summed E-state index contributed by atoms with van der Waals surface area (Å²) in [5.74, 6) is -0.0634. The molecule has 2 N–H and O–H groups in total. The number of nitrogens with zero attached hydrogens (tertiary/aromatic N) is 1. The summed E-state index contributed by atoms with van der Waals surface area (Å²) in [4.78, 5) is 28.8. The van der Waals surface area contributed by atoms with Crippen molar-refractivity contribution >= 4 is 22.6 Å². The molecule has 1 heterocycles. The molecule has 0 aliphatic carbocycles. The zero-order chi connectivity index (χ0) is 15.4. The number of aromatic nitrogens is 1. The first-order valence-corrected chi connectivity index (χ1v) is 7.04. The van der Waals surface area contributed by atoms with E-state index in [-0.39, 0.29) is 30.8 Å². The maximum Gasteiger partial charge on any atom is 0.234 e. The van der Waals surface area contributed by atoms with E-state index in [1.807, 2.05) is 38.1 Å². The average Bonchev–Trinajstić information content (AvgIpc) is 2.80. The fourth-order valence-electron chi connectivity index (χ4n) is 2.30. The number of aromatic amines is 1. The van der Waals surface area contributed by atoms with Crippen LogP contribution in [0.3, 0.4) is 0 Å². The minimum absolute atomic E-state index is 0.00676. The van der Waals surface area contributed by atoms with Crippen LogP contribution >= 0.6 is 0 Å². The lowest BCUT2D eigenvalue weighted by Gasteiger charge is -2.16. The zero-order valence-electron chi connectivity index (χ0n) is 12.6. The van der Waals surface area contributed by atoms with Crippen LogP contribution in [0.1, 0.15) is 24.2 Å². The second kappa shape index (κ2) is 6.54. The van der Waals surface area contributed by atoms with Gasteiger partial charge in [-0.25, -0.2) is 0 Å². The van der Waals surface area contributed by atoms with Crippen LogP contribution in [0.2, 0.25) is 0 Å². The molecule has 2 rings (SSSR count). The summed E-state index contributed by atoms with van der Waals surface area (Å²) in [6.45, 7) is 4.25. The number of nitrogens with one attached hydrogen (secondary N) is 2. The van der Waals surface area contributed by atoms with Gasteiger partial charge in [0.25, 0.3) is 0 Å². The van der Waals surface area contributed by atoms with Crippen LogP contribution in [-0.2, 0) is 4.79 Å². The molecule has 5 heteroatoms. The number of rotatable bonds is 6. The average molecular weight is 287 g/mol. The van der Waals surface area contributed by atoms with Gasteiger partial charge < -0.3 is 10.3 Å². The first kappa shape index (κ1) is 15.3. The number of hydrogen-bond donors (Lipinski definition) is 2. The Kier molecular flexibility index (Phi) is 4.75. The lowest BCUT2D eigenvalue weighted by molar-refractivity contribution is -0.122. The summed E-state index contributed by atoms with van der Waals surface area (Å²) < 4.78 is 0. The van der Waals surface area contributed by atoms with E-state index >= 15 is 0 Å². The highest BCUT2D eigenvalue weighted by Crippen LogP contribution is 2.18. The number of likely N-dealkylation sites (N-methyl/N-ethyl adjacent to an activating group) is 1. The molecule has 0 saturated heterocycles. The van der Waals surface area contributed by atoms with Gasteiger partial charge in [-0.1, -0.05) is 18.2 Å². The van der Waals surface area contributed by atoms with Crippen LogP contribution in [0.15, 0.2) is 30.5 Å². The number of ketones is 1. The van der Waals surface area contributed by atoms with Crippen molar-refractivity contribution in [2.24, 2.45) is 0 Å². The molecule has 0 radical (unpaired) electrons. The summed E-state index contributed by atoms with van der Waals surface area (Å²) in [6, 6.07) is 7.80. The van der Waals surface area contributed by atoms with Crippen molar-refractivity contribution in [3.8, 4) is 0 Å². The summed E-state index contributed by atoms with van der Waals surface area (Å²) in [7, 11) is 1.77. The predicted molar refractivity (Wildman–Crippen MR) is 83.4 cm³/mol. The van der Waals surface area contributed by atoms with Gasteiger partial charge in [0.15, 0.2) is 5.78 Å². The lowest BCUT2D eigenvalue weighted by atomic mass is 10.1. The molecular formula is C16H21N3O2. The van der Waals surface area contributed by atoms with E-state index in [2.05, 4.69) is 10.3 Å². The Labute approximate surface area is 124 Å². The summed E-state index contributed by atoms with van der Waals surface area (Å²) in [5, 5.41) is 3.73. The first-order valence-electron chi connectivity index (χ1n) is 7.04. The maximum absolute atomic E-state index is 12.3. The second-order valence-corrected chi connectivity index (χ2v) is 5.57. The number of amides is 1. The summed E-state index contributed by atoms with van der Waals surface area (Å²) in [6.07, 6.45) is 1.73. The van der Waals surface area contributed by atoms with Gasteiger partial charge in [-0.15, -0.1) is 0 Å². The quantitative estimate of drug-likeness (QED) is 0.796. The van der Waals surface area contributed by atoms with Gasteiger partial charge in [0.05, 0.1) is 13.1 Å². The van der Waals surface area contributed by atoms with Crippen molar-refractivity contribution < 1.29 is 9.59 Å². The van der Waals surface area contributed by atoms with Crippen molar-refractivity contribution in [1.29, 1.82) is 0 Å². The van der Waals surface area contributed by atoms with Crippen LogP contribution in [0.4, 0.5) is 0 Å².